The number of halogens is 2. The largest absolute Gasteiger partial charge is 0.480 e. The fraction of sp³-hybridized carbons (Fsp3) is 0.333. The normalized spacial score (nSPS) is 12.5. The number of carbonyl (C=O) groups excluding carboxylic acids is 1. The number of hydrogen-bond acceptors (Lipinski definition) is 2. The lowest BCUT2D eigenvalue weighted by molar-refractivity contribution is -0.141. The molecule has 4 nitrogen and oxygen atoms in total. The highest BCUT2D eigenvalue weighted by Gasteiger charge is 2.22. The first kappa shape index (κ1) is 20.6. The van der Waals surface area contributed by atoms with Crippen LogP contribution < -0.4 is 5.32 Å². The lowest BCUT2D eigenvalue weighted by Gasteiger charge is -2.20. The SMILES string of the molecule is CC(C)(C)c1ccc(C[C@H](NC(=O)Cc2c(F)cccc2F)C(=O)O)cc1. The van der Waals surface area contributed by atoms with E-state index in [2.05, 4.69) is 26.1 Å². The monoisotopic (exact) mass is 375 g/mol. The molecular formula is C21H23F2NO3. The van der Waals surface area contributed by atoms with Crippen LogP contribution in [-0.2, 0) is 27.8 Å². The molecule has 0 saturated carbocycles. The molecule has 0 spiro atoms. The van der Waals surface area contributed by atoms with Crippen molar-refractivity contribution in [2.75, 3.05) is 0 Å². The van der Waals surface area contributed by atoms with Crippen molar-refractivity contribution in [2.24, 2.45) is 0 Å². The van der Waals surface area contributed by atoms with Gasteiger partial charge in [-0.1, -0.05) is 51.1 Å². The van der Waals surface area contributed by atoms with Crippen molar-refractivity contribution in [3.8, 4) is 0 Å². The van der Waals surface area contributed by atoms with Crippen LogP contribution in [-0.4, -0.2) is 23.0 Å². The van der Waals surface area contributed by atoms with Crippen molar-refractivity contribution in [3.63, 3.8) is 0 Å². The lowest BCUT2D eigenvalue weighted by atomic mass is 9.86. The topological polar surface area (TPSA) is 66.4 Å². The average Bonchev–Trinajstić information content (AvgIpc) is 2.57. The number of carboxylic acid groups (broad SMARTS) is 1. The van der Waals surface area contributed by atoms with Gasteiger partial charge in [0, 0.05) is 12.0 Å². The molecule has 0 radical (unpaired) electrons. The Kier molecular flexibility index (Phi) is 6.31. The Morgan fingerprint density at radius 2 is 1.59 bits per heavy atom. The van der Waals surface area contributed by atoms with Gasteiger partial charge in [-0.3, -0.25) is 4.79 Å². The molecule has 144 valence electrons. The number of carboxylic acids is 1. The van der Waals surface area contributed by atoms with Gasteiger partial charge in [0.15, 0.2) is 0 Å². The van der Waals surface area contributed by atoms with E-state index in [-0.39, 0.29) is 17.4 Å². The van der Waals surface area contributed by atoms with Gasteiger partial charge < -0.3 is 10.4 Å². The minimum Gasteiger partial charge on any atom is -0.480 e. The standard InChI is InChI=1S/C21H23F2NO3/c1-21(2,3)14-9-7-13(8-10-14)11-18(20(26)27)24-19(25)12-15-16(22)5-4-6-17(15)23/h4-10,18H,11-12H2,1-3H3,(H,24,25)(H,26,27)/t18-/m0/s1. The van der Waals surface area contributed by atoms with Crippen LogP contribution in [0.2, 0.25) is 0 Å². The van der Waals surface area contributed by atoms with E-state index in [1.165, 1.54) is 6.07 Å². The number of rotatable bonds is 6. The van der Waals surface area contributed by atoms with E-state index in [0.29, 0.717) is 0 Å². The van der Waals surface area contributed by atoms with Crippen LogP contribution in [0.25, 0.3) is 0 Å². The van der Waals surface area contributed by atoms with Crippen LogP contribution in [0.5, 0.6) is 0 Å². The zero-order chi connectivity index (χ0) is 20.2. The van der Waals surface area contributed by atoms with Crippen molar-refractivity contribution in [1.82, 2.24) is 5.32 Å². The fourth-order valence-corrected chi connectivity index (χ4v) is 2.68. The second-order valence-corrected chi connectivity index (χ2v) is 7.49. The zero-order valence-corrected chi connectivity index (χ0v) is 15.6. The van der Waals surface area contributed by atoms with Crippen LogP contribution in [0.3, 0.4) is 0 Å². The van der Waals surface area contributed by atoms with Gasteiger partial charge >= 0.3 is 5.97 Å². The Labute approximate surface area is 157 Å². The number of hydrogen-bond donors (Lipinski definition) is 2. The van der Waals surface area contributed by atoms with E-state index < -0.39 is 36.0 Å². The molecule has 2 aromatic rings. The van der Waals surface area contributed by atoms with Crippen molar-refractivity contribution < 1.29 is 23.5 Å². The third-order valence-corrected chi connectivity index (χ3v) is 4.29. The number of amides is 1. The number of benzene rings is 2. The minimum absolute atomic E-state index is 0.0250. The Bertz CT molecular complexity index is 806. The molecular weight excluding hydrogens is 352 g/mol. The molecule has 27 heavy (non-hydrogen) atoms. The summed E-state index contributed by atoms with van der Waals surface area (Å²) in [5.74, 6) is -3.64. The van der Waals surface area contributed by atoms with E-state index in [4.69, 9.17) is 0 Å². The third kappa shape index (κ3) is 5.61. The van der Waals surface area contributed by atoms with Gasteiger partial charge in [0.2, 0.25) is 5.91 Å². The predicted octanol–water partition coefficient (Wildman–Crippen LogP) is 3.62. The molecule has 6 heteroatoms. The first-order valence-corrected chi connectivity index (χ1v) is 8.62. The summed E-state index contributed by atoms with van der Waals surface area (Å²) in [7, 11) is 0. The van der Waals surface area contributed by atoms with Crippen molar-refractivity contribution >= 4 is 11.9 Å². The van der Waals surface area contributed by atoms with Crippen molar-refractivity contribution in [1.29, 1.82) is 0 Å². The molecule has 0 bridgehead atoms. The second-order valence-electron chi connectivity index (χ2n) is 7.49. The highest BCUT2D eigenvalue weighted by Crippen LogP contribution is 2.22. The molecule has 1 atom stereocenters. The van der Waals surface area contributed by atoms with Gasteiger partial charge in [0.1, 0.15) is 17.7 Å². The van der Waals surface area contributed by atoms with E-state index in [0.717, 1.165) is 23.3 Å². The first-order chi connectivity index (χ1) is 12.6. The maximum atomic E-state index is 13.7. The van der Waals surface area contributed by atoms with Gasteiger partial charge in [-0.05, 0) is 28.7 Å². The third-order valence-electron chi connectivity index (χ3n) is 4.29. The molecule has 2 rings (SSSR count). The minimum atomic E-state index is -1.21. The van der Waals surface area contributed by atoms with Crippen LogP contribution in [0.4, 0.5) is 8.78 Å². The summed E-state index contributed by atoms with van der Waals surface area (Å²) >= 11 is 0. The molecule has 0 aliphatic carbocycles. The summed E-state index contributed by atoms with van der Waals surface area (Å²) < 4.78 is 27.3. The smallest absolute Gasteiger partial charge is 0.326 e. The van der Waals surface area contributed by atoms with E-state index in [9.17, 15) is 23.5 Å². The predicted molar refractivity (Wildman–Crippen MR) is 98.5 cm³/mol. The van der Waals surface area contributed by atoms with Crippen LogP contribution in [0.1, 0.15) is 37.5 Å². The summed E-state index contributed by atoms with van der Waals surface area (Å²) in [6.07, 6.45) is -0.490. The summed E-state index contributed by atoms with van der Waals surface area (Å²) in [4.78, 5) is 23.6. The molecule has 0 aromatic heterocycles. The lowest BCUT2D eigenvalue weighted by Crippen LogP contribution is -2.43. The maximum absolute atomic E-state index is 13.7. The number of aliphatic carboxylic acids is 1. The van der Waals surface area contributed by atoms with E-state index in [1.54, 1.807) is 0 Å². The average molecular weight is 375 g/mol. The van der Waals surface area contributed by atoms with Crippen LogP contribution in [0, 0.1) is 11.6 Å². The molecule has 0 heterocycles. The van der Waals surface area contributed by atoms with Gasteiger partial charge in [0.05, 0.1) is 6.42 Å². The summed E-state index contributed by atoms with van der Waals surface area (Å²) in [5, 5.41) is 11.7. The Hall–Kier alpha value is -2.76. The Morgan fingerprint density at radius 1 is 1.04 bits per heavy atom. The van der Waals surface area contributed by atoms with Gasteiger partial charge in [-0.2, -0.15) is 0 Å². The van der Waals surface area contributed by atoms with Gasteiger partial charge in [0.25, 0.3) is 0 Å². The molecule has 2 N–H and O–H groups in total. The number of carbonyl (C=O) groups is 2. The summed E-state index contributed by atoms with van der Waals surface area (Å²) in [5.41, 5.74) is 1.45. The second kappa shape index (κ2) is 8.29. The highest BCUT2D eigenvalue weighted by atomic mass is 19.1. The number of nitrogens with one attached hydrogen (secondary N) is 1. The Balaban J connectivity index is 2.07. The highest BCUT2D eigenvalue weighted by molar-refractivity contribution is 5.85. The molecule has 0 aliphatic rings. The summed E-state index contributed by atoms with van der Waals surface area (Å²) in [6.45, 7) is 6.22. The van der Waals surface area contributed by atoms with Gasteiger partial charge in [-0.25, -0.2) is 13.6 Å². The fourth-order valence-electron chi connectivity index (χ4n) is 2.68. The van der Waals surface area contributed by atoms with Crippen molar-refractivity contribution in [2.45, 2.75) is 45.1 Å². The van der Waals surface area contributed by atoms with Crippen LogP contribution in [0.15, 0.2) is 42.5 Å². The molecule has 0 aliphatic heterocycles. The molecule has 1 amide bonds. The van der Waals surface area contributed by atoms with Gasteiger partial charge in [-0.15, -0.1) is 0 Å². The first-order valence-electron chi connectivity index (χ1n) is 8.62. The molecule has 2 aromatic carbocycles. The Morgan fingerprint density at radius 3 is 2.07 bits per heavy atom. The molecule has 0 saturated heterocycles. The van der Waals surface area contributed by atoms with E-state index in [1.807, 2.05) is 24.3 Å². The van der Waals surface area contributed by atoms with Crippen molar-refractivity contribution in [3.05, 3.63) is 70.8 Å². The maximum Gasteiger partial charge on any atom is 0.326 e. The summed E-state index contributed by atoms with van der Waals surface area (Å²) in [6, 6.07) is 9.60. The zero-order valence-electron chi connectivity index (χ0n) is 15.6. The molecule has 0 unspecified atom stereocenters. The molecule has 0 fully saturated rings. The van der Waals surface area contributed by atoms with E-state index >= 15 is 0 Å². The quantitative estimate of drug-likeness (QED) is 0.810. The van der Waals surface area contributed by atoms with Crippen LogP contribution >= 0.6 is 0 Å².